The smallest absolute Gasteiger partial charge is 0.0676 e. The van der Waals surface area contributed by atoms with Crippen molar-refractivity contribution < 1.29 is 4.74 Å². The van der Waals surface area contributed by atoms with Gasteiger partial charge in [0, 0.05) is 13.0 Å². The Kier molecular flexibility index (Phi) is 3.36. The van der Waals surface area contributed by atoms with Crippen LogP contribution in [0.25, 0.3) is 0 Å². The molecule has 1 aliphatic carbocycles. The topological polar surface area (TPSA) is 9.23 Å². The van der Waals surface area contributed by atoms with Gasteiger partial charge in [0.15, 0.2) is 0 Å². The largest absolute Gasteiger partial charge is 0.380 e. The van der Waals surface area contributed by atoms with Crippen LogP contribution >= 0.6 is 0 Å². The summed E-state index contributed by atoms with van der Waals surface area (Å²) in [5.41, 5.74) is 2.75. The second kappa shape index (κ2) is 4.94. The Morgan fingerprint density at radius 1 is 1.27 bits per heavy atom. The number of ether oxygens (including phenoxy) is 1. The number of hydrogen-bond donors (Lipinski definition) is 0. The van der Waals surface area contributed by atoms with Crippen LogP contribution in [0.5, 0.6) is 0 Å². The van der Waals surface area contributed by atoms with Crippen LogP contribution in [-0.4, -0.2) is 13.7 Å². The van der Waals surface area contributed by atoms with Crippen molar-refractivity contribution >= 4 is 0 Å². The number of rotatable bonds is 3. The second-order valence-corrected chi connectivity index (χ2v) is 3.86. The standard InChI is InChI=1S/C14H16O/c1-15-11-12-6-5-9-14(10-12)13-7-3-2-4-8-13/h2-9,14H,10-11H2,1H3. The van der Waals surface area contributed by atoms with Gasteiger partial charge in [-0.3, -0.25) is 0 Å². The third kappa shape index (κ3) is 2.57. The third-order valence-corrected chi connectivity index (χ3v) is 2.71. The van der Waals surface area contributed by atoms with Crippen molar-refractivity contribution in [1.29, 1.82) is 0 Å². The quantitative estimate of drug-likeness (QED) is 0.727. The molecule has 0 N–H and O–H groups in total. The monoisotopic (exact) mass is 200 g/mol. The van der Waals surface area contributed by atoms with Crippen molar-refractivity contribution in [3.63, 3.8) is 0 Å². The summed E-state index contributed by atoms with van der Waals surface area (Å²) in [5, 5.41) is 0. The highest BCUT2D eigenvalue weighted by Gasteiger charge is 2.12. The molecule has 1 heteroatoms. The normalized spacial score (nSPS) is 20.1. The molecule has 2 rings (SSSR count). The summed E-state index contributed by atoms with van der Waals surface area (Å²) in [6.07, 6.45) is 7.63. The first-order valence-electron chi connectivity index (χ1n) is 5.30. The van der Waals surface area contributed by atoms with Crippen LogP contribution in [0.4, 0.5) is 0 Å². The number of allylic oxidation sites excluding steroid dienone is 3. The lowest BCUT2D eigenvalue weighted by Gasteiger charge is -2.18. The molecule has 0 saturated heterocycles. The molecule has 0 saturated carbocycles. The highest BCUT2D eigenvalue weighted by Crippen LogP contribution is 2.28. The number of hydrogen-bond acceptors (Lipinski definition) is 1. The first kappa shape index (κ1) is 10.2. The molecule has 1 aromatic rings. The SMILES string of the molecule is COCC1=CC=CC(c2ccccc2)C1. The zero-order valence-corrected chi connectivity index (χ0v) is 9.02. The Hall–Kier alpha value is -1.34. The highest BCUT2D eigenvalue weighted by atomic mass is 16.5. The summed E-state index contributed by atoms with van der Waals surface area (Å²) in [4.78, 5) is 0. The van der Waals surface area contributed by atoms with Gasteiger partial charge in [-0.15, -0.1) is 0 Å². The van der Waals surface area contributed by atoms with Gasteiger partial charge >= 0.3 is 0 Å². The van der Waals surface area contributed by atoms with Crippen molar-refractivity contribution in [2.45, 2.75) is 12.3 Å². The summed E-state index contributed by atoms with van der Waals surface area (Å²) in [6, 6.07) is 10.6. The van der Waals surface area contributed by atoms with Crippen LogP contribution in [0.1, 0.15) is 17.9 Å². The Morgan fingerprint density at radius 3 is 2.80 bits per heavy atom. The van der Waals surface area contributed by atoms with E-state index in [2.05, 4.69) is 48.6 Å². The van der Waals surface area contributed by atoms with E-state index in [4.69, 9.17) is 4.74 Å². The maximum atomic E-state index is 5.16. The molecule has 1 aromatic carbocycles. The maximum absolute atomic E-state index is 5.16. The fourth-order valence-corrected chi connectivity index (χ4v) is 1.97. The van der Waals surface area contributed by atoms with E-state index in [1.165, 1.54) is 11.1 Å². The van der Waals surface area contributed by atoms with E-state index in [0.29, 0.717) is 5.92 Å². The molecule has 0 radical (unpaired) electrons. The second-order valence-electron chi connectivity index (χ2n) is 3.86. The van der Waals surface area contributed by atoms with Crippen LogP contribution in [0, 0.1) is 0 Å². The molecule has 15 heavy (non-hydrogen) atoms. The van der Waals surface area contributed by atoms with Gasteiger partial charge in [0.05, 0.1) is 6.61 Å². The number of methoxy groups -OCH3 is 1. The Morgan fingerprint density at radius 2 is 2.07 bits per heavy atom. The van der Waals surface area contributed by atoms with Gasteiger partial charge in [0.2, 0.25) is 0 Å². The van der Waals surface area contributed by atoms with Crippen LogP contribution in [0.15, 0.2) is 54.1 Å². The van der Waals surface area contributed by atoms with Gasteiger partial charge in [-0.05, 0) is 17.6 Å². The summed E-state index contributed by atoms with van der Waals surface area (Å²) in [6.45, 7) is 0.744. The van der Waals surface area contributed by atoms with Gasteiger partial charge in [-0.1, -0.05) is 48.6 Å². The summed E-state index contributed by atoms with van der Waals surface area (Å²) >= 11 is 0. The predicted molar refractivity (Wildman–Crippen MR) is 62.9 cm³/mol. The van der Waals surface area contributed by atoms with Gasteiger partial charge in [0.25, 0.3) is 0 Å². The molecule has 0 bridgehead atoms. The Labute approximate surface area is 91.1 Å². The van der Waals surface area contributed by atoms with Crippen LogP contribution in [-0.2, 0) is 4.74 Å². The first-order chi connectivity index (χ1) is 7.40. The lowest BCUT2D eigenvalue weighted by molar-refractivity contribution is 0.222. The minimum Gasteiger partial charge on any atom is -0.380 e. The van der Waals surface area contributed by atoms with Crippen LogP contribution < -0.4 is 0 Å². The lowest BCUT2D eigenvalue weighted by atomic mass is 9.88. The molecule has 0 aromatic heterocycles. The number of benzene rings is 1. The molecule has 0 heterocycles. The van der Waals surface area contributed by atoms with Gasteiger partial charge in [-0.2, -0.15) is 0 Å². The molecule has 1 nitrogen and oxygen atoms in total. The van der Waals surface area contributed by atoms with Crippen molar-refractivity contribution in [2.24, 2.45) is 0 Å². The van der Waals surface area contributed by atoms with E-state index in [0.717, 1.165) is 13.0 Å². The summed E-state index contributed by atoms with van der Waals surface area (Å²) in [7, 11) is 1.75. The van der Waals surface area contributed by atoms with Crippen LogP contribution in [0.3, 0.4) is 0 Å². The van der Waals surface area contributed by atoms with E-state index in [1.807, 2.05) is 0 Å². The average molecular weight is 200 g/mol. The van der Waals surface area contributed by atoms with E-state index >= 15 is 0 Å². The fourth-order valence-electron chi connectivity index (χ4n) is 1.97. The zero-order chi connectivity index (χ0) is 10.5. The minimum absolute atomic E-state index is 0.515. The van der Waals surface area contributed by atoms with Gasteiger partial charge in [0.1, 0.15) is 0 Å². The Balaban J connectivity index is 2.09. The molecular weight excluding hydrogens is 184 g/mol. The highest BCUT2D eigenvalue weighted by molar-refractivity contribution is 5.31. The van der Waals surface area contributed by atoms with E-state index < -0.39 is 0 Å². The molecule has 1 unspecified atom stereocenters. The fraction of sp³-hybridized carbons (Fsp3) is 0.286. The Bertz CT molecular complexity index is 362. The van der Waals surface area contributed by atoms with Gasteiger partial charge in [-0.25, -0.2) is 0 Å². The molecule has 1 atom stereocenters. The summed E-state index contributed by atoms with van der Waals surface area (Å²) in [5.74, 6) is 0.515. The van der Waals surface area contributed by atoms with E-state index in [9.17, 15) is 0 Å². The molecule has 0 fully saturated rings. The average Bonchev–Trinajstić information content (AvgIpc) is 2.31. The van der Waals surface area contributed by atoms with E-state index in [1.54, 1.807) is 7.11 Å². The molecule has 0 amide bonds. The van der Waals surface area contributed by atoms with Crippen LogP contribution in [0.2, 0.25) is 0 Å². The van der Waals surface area contributed by atoms with Crippen molar-refractivity contribution in [1.82, 2.24) is 0 Å². The maximum Gasteiger partial charge on any atom is 0.0676 e. The third-order valence-electron chi connectivity index (χ3n) is 2.71. The minimum atomic E-state index is 0.515. The van der Waals surface area contributed by atoms with Crippen molar-refractivity contribution in [3.05, 3.63) is 59.7 Å². The van der Waals surface area contributed by atoms with Crippen molar-refractivity contribution in [3.8, 4) is 0 Å². The van der Waals surface area contributed by atoms with Crippen molar-refractivity contribution in [2.75, 3.05) is 13.7 Å². The predicted octanol–water partition coefficient (Wildman–Crippen LogP) is 3.30. The first-order valence-corrected chi connectivity index (χ1v) is 5.30. The molecule has 78 valence electrons. The zero-order valence-electron chi connectivity index (χ0n) is 9.02. The molecular formula is C14H16O. The molecule has 1 aliphatic rings. The van der Waals surface area contributed by atoms with Gasteiger partial charge < -0.3 is 4.74 Å². The molecule has 0 aliphatic heterocycles. The van der Waals surface area contributed by atoms with E-state index in [-0.39, 0.29) is 0 Å². The molecule has 0 spiro atoms. The lowest BCUT2D eigenvalue weighted by Crippen LogP contribution is -2.04. The summed E-state index contributed by atoms with van der Waals surface area (Å²) < 4.78 is 5.16.